The molecule has 9 heteroatoms. The molecule has 0 aromatic heterocycles. The molecule has 0 N–H and O–H groups in total. The van der Waals surface area contributed by atoms with Gasteiger partial charge in [0.15, 0.2) is 0 Å². The Morgan fingerprint density at radius 2 is 1.27 bits per heavy atom. The third-order valence-electron chi connectivity index (χ3n) is 11.4. The SMILES string of the molecule is CCC(C)(C)C(=O)OC1CC2CC1C1C(=O)OCC21.CCOC1C2CC(C3COC(=O)C32)C1OC(=O)C(C)(C)CC. The number of esters is 4. The average Bonchev–Trinajstić information content (AvgIpc) is 3.77. The molecule has 6 fully saturated rings. The van der Waals surface area contributed by atoms with Crippen molar-refractivity contribution in [3.63, 3.8) is 0 Å². The minimum absolute atomic E-state index is 0.0127. The largest absolute Gasteiger partial charge is 0.465 e. The molecule has 2 saturated heterocycles. The van der Waals surface area contributed by atoms with E-state index >= 15 is 0 Å². The molecule has 0 aromatic rings. The van der Waals surface area contributed by atoms with Crippen molar-refractivity contribution < 1.29 is 42.9 Å². The lowest BCUT2D eigenvalue weighted by molar-refractivity contribution is -0.176. The van der Waals surface area contributed by atoms with Crippen molar-refractivity contribution in [2.24, 2.45) is 58.2 Å². The molecule has 0 amide bonds. The van der Waals surface area contributed by atoms with Gasteiger partial charge < -0.3 is 23.7 Å². The smallest absolute Gasteiger partial charge is 0.311 e. The topological polar surface area (TPSA) is 114 Å². The molecule has 11 atom stereocenters. The summed E-state index contributed by atoms with van der Waals surface area (Å²) in [6.07, 6.45) is 3.86. The van der Waals surface area contributed by atoms with E-state index in [4.69, 9.17) is 23.7 Å². The number of carbonyl (C=O) groups excluding carboxylic acids is 4. The summed E-state index contributed by atoms with van der Waals surface area (Å²) in [4.78, 5) is 48.3. The zero-order valence-corrected chi connectivity index (χ0v) is 25.7. The van der Waals surface area contributed by atoms with Crippen LogP contribution in [0.15, 0.2) is 0 Å². The van der Waals surface area contributed by atoms with Gasteiger partial charge in [0, 0.05) is 36.2 Å². The van der Waals surface area contributed by atoms with E-state index in [9.17, 15) is 19.2 Å². The van der Waals surface area contributed by atoms with E-state index in [1.54, 1.807) is 0 Å². The molecule has 4 aliphatic carbocycles. The molecule has 4 bridgehead atoms. The van der Waals surface area contributed by atoms with Crippen molar-refractivity contribution in [2.45, 2.75) is 98.9 Å². The van der Waals surface area contributed by atoms with E-state index in [0.29, 0.717) is 31.7 Å². The molecule has 41 heavy (non-hydrogen) atoms. The van der Waals surface area contributed by atoms with Gasteiger partial charge in [-0.15, -0.1) is 0 Å². The first-order chi connectivity index (χ1) is 19.3. The molecule has 0 spiro atoms. The Bertz CT molecular complexity index is 1050. The van der Waals surface area contributed by atoms with Crippen LogP contribution in [-0.4, -0.2) is 62.0 Å². The lowest BCUT2D eigenvalue weighted by atomic mass is 9.78. The van der Waals surface area contributed by atoms with Gasteiger partial charge in [-0.05, 0) is 72.6 Å². The van der Waals surface area contributed by atoms with Crippen LogP contribution in [0.5, 0.6) is 0 Å². The number of cyclic esters (lactones) is 2. The number of fused-ring (bicyclic) bond motifs is 10. The maximum atomic E-state index is 12.5. The van der Waals surface area contributed by atoms with Crippen LogP contribution in [-0.2, 0) is 42.9 Å². The van der Waals surface area contributed by atoms with Crippen LogP contribution in [0.2, 0.25) is 0 Å². The second-order valence-electron chi connectivity index (χ2n) is 14.3. The van der Waals surface area contributed by atoms with E-state index in [0.717, 1.165) is 32.1 Å². The molecule has 2 aliphatic heterocycles. The van der Waals surface area contributed by atoms with Crippen molar-refractivity contribution in [3.05, 3.63) is 0 Å². The summed E-state index contributed by atoms with van der Waals surface area (Å²) < 4.78 is 27.9. The molecule has 0 radical (unpaired) electrons. The molecule has 6 aliphatic rings. The number of rotatable bonds is 8. The van der Waals surface area contributed by atoms with Gasteiger partial charge in [-0.25, -0.2) is 0 Å². The summed E-state index contributed by atoms with van der Waals surface area (Å²) in [5.41, 5.74) is -0.919. The third-order valence-corrected chi connectivity index (χ3v) is 11.4. The molecule has 2 heterocycles. The zero-order valence-electron chi connectivity index (χ0n) is 25.7. The number of carbonyl (C=O) groups is 4. The Morgan fingerprint density at radius 3 is 1.85 bits per heavy atom. The Hall–Kier alpha value is -2.16. The fourth-order valence-electron chi connectivity index (χ4n) is 8.12. The monoisotopic (exact) mass is 576 g/mol. The van der Waals surface area contributed by atoms with Crippen molar-refractivity contribution in [1.82, 2.24) is 0 Å². The maximum Gasteiger partial charge on any atom is 0.311 e. The standard InChI is InChI=1S/C17H26O5.C15H22O4/c1-5-17(3,4)16(19)22-14-9-7-10(13(14)20-6-2)12-11(9)8-21-15(12)18;1-4-15(2,3)14(17)19-11-6-8-5-9(11)12-10(8)7-18-13(12)16/h9-14H,5-8H2,1-4H3;8-12H,4-7H2,1-3H3. The fourth-order valence-corrected chi connectivity index (χ4v) is 8.12. The van der Waals surface area contributed by atoms with Gasteiger partial charge in [0.2, 0.25) is 0 Å². The van der Waals surface area contributed by atoms with E-state index < -0.39 is 10.8 Å². The molecular weight excluding hydrogens is 528 g/mol. The average molecular weight is 577 g/mol. The Balaban J connectivity index is 0.000000166. The highest BCUT2D eigenvalue weighted by atomic mass is 16.6. The summed E-state index contributed by atoms with van der Waals surface area (Å²) in [6.45, 7) is 15.2. The van der Waals surface area contributed by atoms with Gasteiger partial charge in [-0.2, -0.15) is 0 Å². The molecule has 9 nitrogen and oxygen atoms in total. The Morgan fingerprint density at radius 1 is 0.707 bits per heavy atom. The Kier molecular flexibility index (Phi) is 8.25. The zero-order chi connectivity index (χ0) is 29.9. The number of ether oxygens (including phenoxy) is 5. The predicted molar refractivity (Wildman–Crippen MR) is 147 cm³/mol. The van der Waals surface area contributed by atoms with Gasteiger partial charge in [-0.1, -0.05) is 13.8 Å². The number of hydrogen-bond acceptors (Lipinski definition) is 9. The van der Waals surface area contributed by atoms with Crippen molar-refractivity contribution in [2.75, 3.05) is 19.8 Å². The van der Waals surface area contributed by atoms with Crippen LogP contribution in [0.1, 0.15) is 80.6 Å². The van der Waals surface area contributed by atoms with Crippen LogP contribution in [0.4, 0.5) is 0 Å². The highest BCUT2D eigenvalue weighted by molar-refractivity contribution is 5.78. The summed E-state index contributed by atoms with van der Waals surface area (Å²) in [5.74, 6) is 1.05. The second kappa shape index (κ2) is 11.2. The number of hydrogen-bond donors (Lipinski definition) is 0. The van der Waals surface area contributed by atoms with Crippen LogP contribution < -0.4 is 0 Å². The summed E-state index contributed by atoms with van der Waals surface area (Å²) in [6, 6.07) is 0. The predicted octanol–water partition coefficient (Wildman–Crippen LogP) is 4.34. The van der Waals surface area contributed by atoms with E-state index in [1.807, 2.05) is 48.5 Å². The van der Waals surface area contributed by atoms with Crippen molar-refractivity contribution in [3.8, 4) is 0 Å². The minimum atomic E-state index is -0.486. The summed E-state index contributed by atoms with van der Waals surface area (Å²) >= 11 is 0. The van der Waals surface area contributed by atoms with Crippen LogP contribution in [0.25, 0.3) is 0 Å². The van der Waals surface area contributed by atoms with Gasteiger partial charge in [0.05, 0.1) is 42.0 Å². The fraction of sp³-hybridized carbons (Fsp3) is 0.875. The first-order valence-electron chi connectivity index (χ1n) is 15.7. The minimum Gasteiger partial charge on any atom is -0.465 e. The van der Waals surface area contributed by atoms with Gasteiger partial charge in [-0.3, -0.25) is 19.2 Å². The summed E-state index contributed by atoms with van der Waals surface area (Å²) in [7, 11) is 0. The van der Waals surface area contributed by atoms with Crippen LogP contribution >= 0.6 is 0 Å². The highest BCUT2D eigenvalue weighted by Crippen LogP contribution is 2.58. The van der Waals surface area contributed by atoms with E-state index in [1.165, 1.54) is 0 Å². The van der Waals surface area contributed by atoms with E-state index in [2.05, 4.69) is 0 Å². The lowest BCUT2D eigenvalue weighted by Crippen LogP contribution is -2.47. The van der Waals surface area contributed by atoms with Crippen LogP contribution in [0.3, 0.4) is 0 Å². The van der Waals surface area contributed by atoms with Gasteiger partial charge in [0.1, 0.15) is 12.2 Å². The van der Waals surface area contributed by atoms with Gasteiger partial charge >= 0.3 is 23.9 Å². The molecule has 6 rings (SSSR count). The van der Waals surface area contributed by atoms with Crippen molar-refractivity contribution >= 4 is 23.9 Å². The van der Waals surface area contributed by atoms with Crippen LogP contribution in [0, 0.1) is 58.2 Å². The molecule has 230 valence electrons. The molecular formula is C32H48O9. The molecule has 0 aromatic carbocycles. The molecule has 4 saturated carbocycles. The van der Waals surface area contributed by atoms with Gasteiger partial charge in [0.25, 0.3) is 0 Å². The molecule has 11 unspecified atom stereocenters. The summed E-state index contributed by atoms with van der Waals surface area (Å²) in [5, 5.41) is 0. The normalized spacial score (nSPS) is 39.9. The van der Waals surface area contributed by atoms with E-state index in [-0.39, 0.29) is 77.7 Å². The maximum absolute atomic E-state index is 12.5. The highest BCUT2D eigenvalue weighted by Gasteiger charge is 2.65. The lowest BCUT2D eigenvalue weighted by Gasteiger charge is -2.36. The quantitative estimate of drug-likeness (QED) is 0.307. The second-order valence-corrected chi connectivity index (χ2v) is 14.3. The van der Waals surface area contributed by atoms with Crippen molar-refractivity contribution in [1.29, 1.82) is 0 Å². The Labute approximate surface area is 243 Å². The third kappa shape index (κ3) is 5.18. The first kappa shape index (κ1) is 30.3. The first-order valence-corrected chi connectivity index (χ1v) is 15.7.